The van der Waals surface area contributed by atoms with Gasteiger partial charge in [0.15, 0.2) is 0 Å². The van der Waals surface area contributed by atoms with Crippen LogP contribution in [0.4, 0.5) is 5.69 Å². The predicted octanol–water partition coefficient (Wildman–Crippen LogP) is 3.10. The van der Waals surface area contributed by atoms with Crippen LogP contribution < -0.4 is 5.73 Å². The second kappa shape index (κ2) is 2.49. The zero-order valence-electron chi connectivity index (χ0n) is 7.22. The minimum atomic E-state index is 0.898. The summed E-state index contributed by atoms with van der Waals surface area (Å²) in [5.74, 6) is 0. The monoisotopic (exact) mass is 177 g/mol. The molecule has 12 heavy (non-hydrogen) atoms. The van der Waals surface area contributed by atoms with Gasteiger partial charge in [-0.15, -0.1) is 11.3 Å². The maximum absolute atomic E-state index is 5.88. The number of nitrogens with two attached hydrogens (primary N) is 1. The third-order valence-corrected chi connectivity index (χ3v) is 3.40. The molecule has 0 saturated heterocycles. The van der Waals surface area contributed by atoms with Gasteiger partial charge in [-0.3, -0.25) is 0 Å². The van der Waals surface area contributed by atoms with Crippen LogP contribution >= 0.6 is 11.3 Å². The molecule has 0 aliphatic heterocycles. The van der Waals surface area contributed by atoms with E-state index in [1.54, 1.807) is 0 Å². The smallest absolute Gasteiger partial charge is 0.0405 e. The first kappa shape index (κ1) is 7.62. The van der Waals surface area contributed by atoms with Gasteiger partial charge in [0.05, 0.1) is 0 Å². The van der Waals surface area contributed by atoms with Gasteiger partial charge in [-0.1, -0.05) is 6.07 Å². The number of nitrogen functional groups attached to an aromatic ring is 1. The molecule has 0 amide bonds. The minimum absolute atomic E-state index is 0.898. The van der Waals surface area contributed by atoms with Gasteiger partial charge in [0.25, 0.3) is 0 Å². The quantitative estimate of drug-likeness (QED) is 0.615. The summed E-state index contributed by atoms with van der Waals surface area (Å²) in [6.07, 6.45) is 0. The fourth-order valence-corrected chi connectivity index (χ4v) is 2.56. The lowest BCUT2D eigenvalue weighted by Crippen LogP contribution is -1.85. The largest absolute Gasteiger partial charge is 0.398 e. The van der Waals surface area contributed by atoms with E-state index in [2.05, 4.69) is 19.9 Å². The predicted molar refractivity (Wildman–Crippen MR) is 55.7 cm³/mol. The second-order valence-corrected chi connectivity index (χ2v) is 4.26. The van der Waals surface area contributed by atoms with Crippen LogP contribution in [0.15, 0.2) is 18.2 Å². The van der Waals surface area contributed by atoms with Gasteiger partial charge in [-0.25, -0.2) is 0 Å². The molecule has 62 valence electrons. The summed E-state index contributed by atoms with van der Waals surface area (Å²) in [7, 11) is 0. The summed E-state index contributed by atoms with van der Waals surface area (Å²) in [6.45, 7) is 4.27. The van der Waals surface area contributed by atoms with Gasteiger partial charge in [0.2, 0.25) is 0 Å². The Morgan fingerprint density at radius 3 is 2.67 bits per heavy atom. The Bertz CT molecular complexity index is 429. The van der Waals surface area contributed by atoms with Crippen LogP contribution in [0.3, 0.4) is 0 Å². The maximum Gasteiger partial charge on any atom is 0.0405 e. The molecule has 0 aliphatic rings. The van der Waals surface area contributed by atoms with Gasteiger partial charge in [0, 0.05) is 20.7 Å². The van der Waals surface area contributed by atoms with Gasteiger partial charge in [-0.2, -0.15) is 0 Å². The summed E-state index contributed by atoms with van der Waals surface area (Å²) in [5.41, 5.74) is 8.10. The molecule has 2 aromatic rings. The second-order valence-electron chi connectivity index (χ2n) is 3.00. The highest BCUT2D eigenvalue weighted by atomic mass is 32.1. The third-order valence-electron chi connectivity index (χ3n) is 2.22. The van der Waals surface area contributed by atoms with Gasteiger partial charge >= 0.3 is 0 Å². The van der Waals surface area contributed by atoms with E-state index in [-0.39, 0.29) is 0 Å². The van der Waals surface area contributed by atoms with Gasteiger partial charge in [0.1, 0.15) is 0 Å². The molecule has 0 unspecified atom stereocenters. The van der Waals surface area contributed by atoms with Crippen molar-refractivity contribution in [3.63, 3.8) is 0 Å². The number of rotatable bonds is 0. The van der Waals surface area contributed by atoms with E-state index in [9.17, 15) is 0 Å². The number of aryl methyl sites for hydroxylation is 2. The third kappa shape index (κ3) is 0.916. The Morgan fingerprint density at radius 2 is 2.00 bits per heavy atom. The average molecular weight is 177 g/mol. The molecule has 0 radical (unpaired) electrons. The zero-order valence-corrected chi connectivity index (χ0v) is 8.03. The van der Waals surface area contributed by atoms with E-state index >= 15 is 0 Å². The molecular formula is C10H11NS. The molecule has 2 rings (SSSR count). The number of thiophene rings is 1. The van der Waals surface area contributed by atoms with E-state index in [4.69, 9.17) is 5.73 Å². The lowest BCUT2D eigenvalue weighted by Gasteiger charge is -1.96. The normalized spacial score (nSPS) is 10.8. The Hall–Kier alpha value is -1.02. The van der Waals surface area contributed by atoms with Crippen molar-refractivity contribution in [3.05, 3.63) is 28.6 Å². The molecular weight excluding hydrogens is 166 g/mol. The highest BCUT2D eigenvalue weighted by Gasteiger charge is 2.06. The highest BCUT2D eigenvalue weighted by molar-refractivity contribution is 7.19. The molecule has 0 atom stereocenters. The molecule has 1 heterocycles. The van der Waals surface area contributed by atoms with Gasteiger partial charge in [-0.05, 0) is 31.5 Å². The molecule has 2 heteroatoms. The molecule has 2 N–H and O–H groups in total. The van der Waals surface area contributed by atoms with Crippen LogP contribution in [-0.4, -0.2) is 0 Å². The first-order valence-corrected chi connectivity index (χ1v) is 4.76. The van der Waals surface area contributed by atoms with Crippen molar-refractivity contribution in [1.29, 1.82) is 0 Å². The van der Waals surface area contributed by atoms with Gasteiger partial charge < -0.3 is 5.73 Å². The Kier molecular flexibility index (Phi) is 1.58. The maximum atomic E-state index is 5.88. The average Bonchev–Trinajstić information content (AvgIpc) is 2.29. The Labute approximate surface area is 75.8 Å². The van der Waals surface area contributed by atoms with E-state index in [0.717, 1.165) is 5.69 Å². The van der Waals surface area contributed by atoms with E-state index in [1.807, 2.05) is 23.5 Å². The summed E-state index contributed by atoms with van der Waals surface area (Å²) in [4.78, 5) is 1.36. The first-order valence-electron chi connectivity index (χ1n) is 3.94. The first-order chi connectivity index (χ1) is 5.70. The number of anilines is 1. The van der Waals surface area contributed by atoms with Crippen molar-refractivity contribution >= 4 is 27.1 Å². The van der Waals surface area contributed by atoms with E-state index in [1.165, 1.54) is 20.5 Å². The summed E-state index contributed by atoms with van der Waals surface area (Å²) in [5, 5.41) is 1.24. The van der Waals surface area contributed by atoms with Crippen LogP contribution in [0.5, 0.6) is 0 Å². The molecule has 0 aliphatic carbocycles. The van der Waals surface area contributed by atoms with Crippen molar-refractivity contribution in [2.75, 3.05) is 5.73 Å². The zero-order chi connectivity index (χ0) is 8.72. The minimum Gasteiger partial charge on any atom is -0.398 e. The SMILES string of the molecule is Cc1sc2cccc(N)c2c1C. The fourth-order valence-electron chi connectivity index (χ4n) is 1.45. The molecule has 1 aromatic heterocycles. The van der Waals surface area contributed by atoms with Crippen LogP contribution in [0.2, 0.25) is 0 Å². The van der Waals surface area contributed by atoms with E-state index in [0.29, 0.717) is 0 Å². The molecule has 1 aromatic carbocycles. The van der Waals surface area contributed by atoms with Crippen LogP contribution in [-0.2, 0) is 0 Å². The molecule has 0 saturated carbocycles. The lowest BCUT2D eigenvalue weighted by molar-refractivity contribution is 1.47. The Balaban J connectivity index is 2.97. The van der Waals surface area contributed by atoms with Crippen molar-refractivity contribution < 1.29 is 0 Å². The van der Waals surface area contributed by atoms with Crippen molar-refractivity contribution in [2.24, 2.45) is 0 Å². The van der Waals surface area contributed by atoms with E-state index < -0.39 is 0 Å². The Morgan fingerprint density at radius 1 is 1.25 bits per heavy atom. The molecule has 1 nitrogen and oxygen atoms in total. The molecule has 0 bridgehead atoms. The standard InChI is InChI=1S/C10H11NS/c1-6-7(2)12-9-5-3-4-8(11)10(6)9/h3-5H,11H2,1-2H3. The fraction of sp³-hybridized carbons (Fsp3) is 0.200. The van der Waals surface area contributed by atoms with Crippen molar-refractivity contribution in [2.45, 2.75) is 13.8 Å². The van der Waals surface area contributed by atoms with Crippen LogP contribution in [0.1, 0.15) is 10.4 Å². The number of hydrogen-bond acceptors (Lipinski definition) is 2. The topological polar surface area (TPSA) is 26.0 Å². The van der Waals surface area contributed by atoms with Crippen molar-refractivity contribution in [1.82, 2.24) is 0 Å². The number of benzene rings is 1. The number of hydrogen-bond donors (Lipinski definition) is 1. The van der Waals surface area contributed by atoms with Crippen molar-refractivity contribution in [3.8, 4) is 0 Å². The lowest BCUT2D eigenvalue weighted by atomic mass is 10.1. The molecule has 0 spiro atoms. The summed E-state index contributed by atoms with van der Waals surface area (Å²) < 4.78 is 1.30. The van der Waals surface area contributed by atoms with Crippen LogP contribution in [0, 0.1) is 13.8 Å². The van der Waals surface area contributed by atoms with Crippen LogP contribution in [0.25, 0.3) is 10.1 Å². The number of fused-ring (bicyclic) bond motifs is 1. The highest BCUT2D eigenvalue weighted by Crippen LogP contribution is 2.33. The summed E-state index contributed by atoms with van der Waals surface area (Å²) in [6, 6.07) is 6.09. The summed E-state index contributed by atoms with van der Waals surface area (Å²) >= 11 is 1.81. The molecule has 0 fully saturated rings.